The molecule has 0 radical (unpaired) electrons. The van der Waals surface area contributed by atoms with Crippen molar-refractivity contribution in [3.63, 3.8) is 0 Å². The predicted octanol–water partition coefficient (Wildman–Crippen LogP) is 6.04. The average molecular weight is 431 g/mol. The zero-order valence-electron chi connectivity index (χ0n) is 13.6. The van der Waals surface area contributed by atoms with Crippen LogP contribution in [0.1, 0.15) is 33.6 Å². The highest BCUT2D eigenvalue weighted by atomic mass is 35.5. The van der Waals surface area contributed by atoms with Crippen LogP contribution in [0.25, 0.3) is 0 Å². The minimum absolute atomic E-state index is 0.0245. The second kappa shape index (κ2) is 8.18. The SMILES string of the molecule is O=C(c1ccc(Cl)c(Cl)c1)C1CCN(C(=O)c2cccc(Cl)c2Cl)CC1. The number of carbonyl (C=O) groups is 2. The molecule has 1 amide bonds. The van der Waals surface area contributed by atoms with Gasteiger partial charge in [0, 0.05) is 24.6 Å². The molecule has 0 bridgehead atoms. The van der Waals surface area contributed by atoms with E-state index in [1.807, 2.05) is 0 Å². The quantitative estimate of drug-likeness (QED) is 0.557. The standard InChI is InChI=1S/C19H15Cl4NO2/c20-14-5-4-12(10-16(14)22)18(25)11-6-8-24(9-7-11)19(26)13-2-1-3-15(21)17(13)23/h1-5,10-11H,6-9H2. The molecule has 7 heteroatoms. The van der Waals surface area contributed by atoms with Crippen LogP contribution >= 0.6 is 46.4 Å². The Hall–Kier alpha value is -1.26. The van der Waals surface area contributed by atoms with E-state index < -0.39 is 0 Å². The van der Waals surface area contributed by atoms with Crippen molar-refractivity contribution in [1.29, 1.82) is 0 Å². The fourth-order valence-electron chi connectivity index (χ4n) is 3.07. The molecule has 0 spiro atoms. The number of amides is 1. The van der Waals surface area contributed by atoms with Gasteiger partial charge in [-0.1, -0.05) is 52.5 Å². The summed E-state index contributed by atoms with van der Waals surface area (Å²) in [5.41, 5.74) is 0.926. The van der Waals surface area contributed by atoms with E-state index in [0.717, 1.165) is 0 Å². The molecule has 0 N–H and O–H groups in total. The van der Waals surface area contributed by atoms with Gasteiger partial charge in [0.1, 0.15) is 0 Å². The van der Waals surface area contributed by atoms with Crippen molar-refractivity contribution in [2.24, 2.45) is 5.92 Å². The van der Waals surface area contributed by atoms with E-state index in [9.17, 15) is 9.59 Å². The lowest BCUT2D eigenvalue weighted by atomic mass is 9.88. The van der Waals surface area contributed by atoms with Crippen molar-refractivity contribution in [2.45, 2.75) is 12.8 Å². The van der Waals surface area contributed by atoms with Crippen molar-refractivity contribution < 1.29 is 9.59 Å². The minimum Gasteiger partial charge on any atom is -0.339 e. The summed E-state index contributed by atoms with van der Waals surface area (Å²) in [7, 11) is 0. The molecule has 3 nitrogen and oxygen atoms in total. The van der Waals surface area contributed by atoms with Crippen molar-refractivity contribution in [3.05, 3.63) is 67.6 Å². The molecular weight excluding hydrogens is 416 g/mol. The molecule has 1 heterocycles. The molecular formula is C19H15Cl4NO2. The molecule has 1 aliphatic heterocycles. The number of benzene rings is 2. The number of piperidine rings is 1. The van der Waals surface area contributed by atoms with Gasteiger partial charge in [0.05, 0.1) is 25.7 Å². The fourth-order valence-corrected chi connectivity index (χ4v) is 3.75. The van der Waals surface area contributed by atoms with Gasteiger partial charge in [0.25, 0.3) is 5.91 Å². The van der Waals surface area contributed by atoms with Crippen LogP contribution in [0.2, 0.25) is 20.1 Å². The molecule has 2 aromatic carbocycles. The van der Waals surface area contributed by atoms with Gasteiger partial charge >= 0.3 is 0 Å². The number of halogens is 4. The zero-order chi connectivity index (χ0) is 18.8. The summed E-state index contributed by atoms with van der Waals surface area (Å²) in [6, 6.07) is 9.89. The van der Waals surface area contributed by atoms with Crippen LogP contribution in [0.15, 0.2) is 36.4 Å². The Labute approximate surface area is 171 Å². The third-order valence-electron chi connectivity index (χ3n) is 4.54. The average Bonchev–Trinajstić information content (AvgIpc) is 2.65. The van der Waals surface area contributed by atoms with Crippen molar-refractivity contribution in [3.8, 4) is 0 Å². The van der Waals surface area contributed by atoms with Crippen LogP contribution in [0.3, 0.4) is 0 Å². The fraction of sp³-hybridized carbons (Fsp3) is 0.263. The van der Waals surface area contributed by atoms with Gasteiger partial charge in [0.15, 0.2) is 5.78 Å². The van der Waals surface area contributed by atoms with Crippen LogP contribution in [0, 0.1) is 5.92 Å². The molecule has 0 aromatic heterocycles. The van der Waals surface area contributed by atoms with Crippen LogP contribution in [-0.4, -0.2) is 29.7 Å². The Kier molecular flexibility index (Phi) is 6.13. The first-order chi connectivity index (χ1) is 12.4. The summed E-state index contributed by atoms with van der Waals surface area (Å²) in [6.07, 6.45) is 1.17. The van der Waals surface area contributed by atoms with Crippen LogP contribution in [-0.2, 0) is 0 Å². The molecule has 0 unspecified atom stereocenters. The maximum Gasteiger partial charge on any atom is 0.255 e. The Bertz CT molecular complexity index is 861. The predicted molar refractivity (Wildman–Crippen MR) is 106 cm³/mol. The van der Waals surface area contributed by atoms with E-state index >= 15 is 0 Å². The molecule has 1 aliphatic rings. The van der Waals surface area contributed by atoms with E-state index in [0.29, 0.717) is 52.1 Å². The molecule has 2 aromatic rings. The third kappa shape index (κ3) is 4.01. The van der Waals surface area contributed by atoms with E-state index in [4.69, 9.17) is 46.4 Å². The number of ketones is 1. The van der Waals surface area contributed by atoms with Gasteiger partial charge in [-0.3, -0.25) is 9.59 Å². The van der Waals surface area contributed by atoms with Crippen molar-refractivity contribution >= 4 is 58.1 Å². The Morgan fingerprint density at radius 1 is 0.885 bits per heavy atom. The van der Waals surface area contributed by atoms with Gasteiger partial charge in [-0.05, 0) is 43.2 Å². The first-order valence-electron chi connectivity index (χ1n) is 8.11. The topological polar surface area (TPSA) is 37.4 Å². The van der Waals surface area contributed by atoms with Gasteiger partial charge in [0.2, 0.25) is 0 Å². The zero-order valence-corrected chi connectivity index (χ0v) is 16.7. The summed E-state index contributed by atoms with van der Waals surface area (Å²) in [5, 5.41) is 1.39. The maximum absolute atomic E-state index is 12.7. The molecule has 1 saturated heterocycles. The number of rotatable bonds is 3. The lowest BCUT2D eigenvalue weighted by molar-refractivity contribution is 0.0650. The summed E-state index contributed by atoms with van der Waals surface area (Å²) < 4.78 is 0. The van der Waals surface area contributed by atoms with Gasteiger partial charge < -0.3 is 4.90 Å². The number of hydrogen-bond donors (Lipinski definition) is 0. The van der Waals surface area contributed by atoms with E-state index in [1.54, 1.807) is 41.3 Å². The number of likely N-dealkylation sites (tertiary alicyclic amines) is 1. The second-order valence-corrected chi connectivity index (χ2v) is 7.76. The summed E-state index contributed by atoms with van der Waals surface area (Å²) in [5.74, 6) is -0.291. The first kappa shape index (κ1) is 19.5. The van der Waals surface area contributed by atoms with Crippen LogP contribution in [0.4, 0.5) is 0 Å². The first-order valence-corrected chi connectivity index (χ1v) is 9.62. The molecule has 0 saturated carbocycles. The number of carbonyl (C=O) groups excluding carboxylic acids is 2. The smallest absolute Gasteiger partial charge is 0.255 e. The normalized spacial score (nSPS) is 15.2. The molecule has 136 valence electrons. The number of Topliss-reactive ketones (excluding diaryl/α,β-unsaturated/α-hetero) is 1. The highest BCUT2D eigenvalue weighted by Crippen LogP contribution is 2.30. The second-order valence-electron chi connectivity index (χ2n) is 6.16. The molecule has 3 rings (SSSR count). The lowest BCUT2D eigenvalue weighted by Gasteiger charge is -2.31. The summed E-state index contributed by atoms with van der Waals surface area (Å²) >= 11 is 24.0. The minimum atomic E-state index is -0.169. The summed E-state index contributed by atoms with van der Waals surface area (Å²) in [4.78, 5) is 27.0. The van der Waals surface area contributed by atoms with E-state index in [2.05, 4.69) is 0 Å². The highest BCUT2D eigenvalue weighted by molar-refractivity contribution is 6.44. The molecule has 0 atom stereocenters. The van der Waals surface area contributed by atoms with Gasteiger partial charge in [-0.15, -0.1) is 0 Å². The monoisotopic (exact) mass is 429 g/mol. The number of nitrogens with zero attached hydrogens (tertiary/aromatic N) is 1. The third-order valence-corrected chi connectivity index (χ3v) is 6.10. The Morgan fingerprint density at radius 3 is 2.23 bits per heavy atom. The highest BCUT2D eigenvalue weighted by Gasteiger charge is 2.29. The Morgan fingerprint density at radius 2 is 1.58 bits per heavy atom. The van der Waals surface area contributed by atoms with E-state index in [-0.39, 0.29) is 22.6 Å². The lowest BCUT2D eigenvalue weighted by Crippen LogP contribution is -2.40. The number of hydrogen-bond acceptors (Lipinski definition) is 2. The van der Waals surface area contributed by atoms with Crippen molar-refractivity contribution in [2.75, 3.05) is 13.1 Å². The van der Waals surface area contributed by atoms with Crippen LogP contribution in [0.5, 0.6) is 0 Å². The van der Waals surface area contributed by atoms with Gasteiger partial charge in [-0.2, -0.15) is 0 Å². The van der Waals surface area contributed by atoms with Crippen LogP contribution < -0.4 is 0 Å². The maximum atomic E-state index is 12.7. The van der Waals surface area contributed by atoms with E-state index in [1.165, 1.54) is 0 Å². The van der Waals surface area contributed by atoms with Crippen molar-refractivity contribution in [1.82, 2.24) is 4.90 Å². The summed E-state index contributed by atoms with van der Waals surface area (Å²) in [6.45, 7) is 0.971. The largest absolute Gasteiger partial charge is 0.339 e. The molecule has 1 fully saturated rings. The van der Waals surface area contributed by atoms with Gasteiger partial charge in [-0.25, -0.2) is 0 Å². The Balaban J connectivity index is 1.67. The molecule has 26 heavy (non-hydrogen) atoms. The molecule has 0 aliphatic carbocycles.